The quantitative estimate of drug-likeness (QED) is 0.652. The molecular weight excluding hydrogens is 272 g/mol. The number of hydrogen-bond donors (Lipinski definition) is 1. The average Bonchev–Trinajstić information content (AvgIpc) is 2.52. The van der Waals surface area contributed by atoms with Crippen LogP contribution >= 0.6 is 0 Å². The van der Waals surface area contributed by atoms with E-state index >= 15 is 0 Å². The lowest BCUT2D eigenvalue weighted by Crippen LogP contribution is -2.00. The van der Waals surface area contributed by atoms with E-state index in [0.29, 0.717) is 17.9 Å². The first kappa shape index (κ1) is 14.8. The van der Waals surface area contributed by atoms with Crippen molar-refractivity contribution >= 4 is 5.69 Å². The minimum atomic E-state index is -0.475. The molecule has 2 aromatic carbocycles. The number of nitrogens with two attached hydrogens (primary N) is 1. The van der Waals surface area contributed by atoms with Crippen LogP contribution in [0.15, 0.2) is 42.5 Å². The van der Waals surface area contributed by atoms with E-state index in [1.165, 1.54) is 13.2 Å². The van der Waals surface area contributed by atoms with Crippen molar-refractivity contribution in [2.24, 2.45) is 5.73 Å². The third-order valence-electron chi connectivity index (χ3n) is 2.98. The van der Waals surface area contributed by atoms with Crippen molar-refractivity contribution in [1.29, 1.82) is 0 Å². The van der Waals surface area contributed by atoms with Crippen LogP contribution in [0.4, 0.5) is 5.69 Å². The minimum absolute atomic E-state index is 0.0747. The third kappa shape index (κ3) is 3.70. The van der Waals surface area contributed by atoms with Crippen LogP contribution in [0.25, 0.3) is 0 Å². The fourth-order valence-corrected chi connectivity index (χ4v) is 1.90. The normalized spacial score (nSPS) is 10.2. The molecule has 0 aliphatic rings. The first-order valence-corrected chi connectivity index (χ1v) is 6.37. The molecule has 0 aliphatic heterocycles. The molecule has 0 bridgehead atoms. The van der Waals surface area contributed by atoms with Gasteiger partial charge in [-0.2, -0.15) is 0 Å². The Morgan fingerprint density at radius 2 is 2.00 bits per heavy atom. The molecule has 0 spiro atoms. The zero-order chi connectivity index (χ0) is 15.2. The van der Waals surface area contributed by atoms with Gasteiger partial charge in [-0.1, -0.05) is 18.2 Å². The topological polar surface area (TPSA) is 87.6 Å². The molecule has 110 valence electrons. The Balaban J connectivity index is 2.12. The standard InChI is InChI=1S/C15H16N2O4/c1-20-15-6-5-12(8-14(15)17(18)19)10-21-13-4-2-3-11(7-13)9-16/h2-8H,9-10,16H2,1H3. The summed E-state index contributed by atoms with van der Waals surface area (Å²) >= 11 is 0. The van der Waals surface area contributed by atoms with Crippen LogP contribution in [0, 0.1) is 10.1 Å². The van der Waals surface area contributed by atoms with Crippen molar-refractivity contribution in [3.63, 3.8) is 0 Å². The number of nitro benzene ring substituents is 1. The summed E-state index contributed by atoms with van der Waals surface area (Å²) in [5.41, 5.74) is 7.15. The van der Waals surface area contributed by atoms with E-state index in [1.54, 1.807) is 12.1 Å². The number of rotatable bonds is 6. The predicted molar refractivity (Wildman–Crippen MR) is 78.3 cm³/mol. The largest absolute Gasteiger partial charge is 0.490 e. The Morgan fingerprint density at radius 3 is 2.67 bits per heavy atom. The van der Waals surface area contributed by atoms with Crippen LogP contribution in [0.1, 0.15) is 11.1 Å². The highest BCUT2D eigenvalue weighted by molar-refractivity contribution is 5.48. The summed E-state index contributed by atoms with van der Waals surface area (Å²) in [5, 5.41) is 11.0. The summed E-state index contributed by atoms with van der Waals surface area (Å²) in [6.07, 6.45) is 0. The van der Waals surface area contributed by atoms with Gasteiger partial charge in [0, 0.05) is 12.6 Å². The van der Waals surface area contributed by atoms with Crippen LogP contribution in [0.2, 0.25) is 0 Å². The van der Waals surface area contributed by atoms with E-state index in [2.05, 4.69) is 0 Å². The Hall–Kier alpha value is -2.60. The summed E-state index contributed by atoms with van der Waals surface area (Å²) in [5.74, 6) is 0.908. The summed E-state index contributed by atoms with van der Waals surface area (Å²) in [6.45, 7) is 0.671. The van der Waals surface area contributed by atoms with Crippen molar-refractivity contribution in [2.75, 3.05) is 7.11 Å². The smallest absolute Gasteiger partial charge is 0.311 e. The van der Waals surface area contributed by atoms with Crippen LogP contribution in [0.3, 0.4) is 0 Å². The molecule has 0 heterocycles. The van der Waals surface area contributed by atoms with Gasteiger partial charge in [-0.05, 0) is 29.3 Å². The summed E-state index contributed by atoms with van der Waals surface area (Å²) < 4.78 is 10.6. The van der Waals surface area contributed by atoms with Crippen molar-refractivity contribution in [3.05, 3.63) is 63.7 Å². The lowest BCUT2D eigenvalue weighted by molar-refractivity contribution is -0.385. The summed E-state index contributed by atoms with van der Waals surface area (Å²) in [6, 6.07) is 12.2. The Kier molecular flexibility index (Phi) is 4.73. The van der Waals surface area contributed by atoms with E-state index < -0.39 is 4.92 Å². The van der Waals surface area contributed by atoms with E-state index in [9.17, 15) is 10.1 Å². The summed E-state index contributed by atoms with van der Waals surface area (Å²) in [4.78, 5) is 10.5. The van der Waals surface area contributed by atoms with E-state index in [4.69, 9.17) is 15.2 Å². The van der Waals surface area contributed by atoms with Gasteiger partial charge in [-0.15, -0.1) is 0 Å². The highest BCUT2D eigenvalue weighted by atomic mass is 16.6. The zero-order valence-electron chi connectivity index (χ0n) is 11.6. The fraction of sp³-hybridized carbons (Fsp3) is 0.200. The molecule has 0 atom stereocenters. The molecule has 6 heteroatoms. The number of benzene rings is 2. The average molecular weight is 288 g/mol. The van der Waals surface area contributed by atoms with Crippen molar-refractivity contribution in [3.8, 4) is 11.5 Å². The number of nitrogens with zero attached hydrogens (tertiary/aromatic N) is 1. The van der Waals surface area contributed by atoms with Gasteiger partial charge in [0.2, 0.25) is 0 Å². The maximum atomic E-state index is 11.0. The molecule has 2 aromatic rings. The first-order chi connectivity index (χ1) is 10.1. The molecule has 0 radical (unpaired) electrons. The van der Waals surface area contributed by atoms with Gasteiger partial charge in [-0.25, -0.2) is 0 Å². The number of hydrogen-bond acceptors (Lipinski definition) is 5. The summed E-state index contributed by atoms with van der Waals surface area (Å²) in [7, 11) is 1.40. The van der Waals surface area contributed by atoms with Crippen LogP contribution < -0.4 is 15.2 Å². The molecule has 0 amide bonds. The molecule has 0 saturated heterocycles. The maximum Gasteiger partial charge on any atom is 0.311 e. The molecular formula is C15H16N2O4. The number of methoxy groups -OCH3 is 1. The second-order valence-corrected chi connectivity index (χ2v) is 4.40. The monoisotopic (exact) mass is 288 g/mol. The molecule has 2 rings (SSSR count). The van der Waals surface area contributed by atoms with Gasteiger partial charge in [0.25, 0.3) is 0 Å². The van der Waals surface area contributed by atoms with Gasteiger partial charge < -0.3 is 15.2 Å². The SMILES string of the molecule is COc1ccc(COc2cccc(CN)c2)cc1[N+](=O)[O-]. The molecule has 0 saturated carbocycles. The zero-order valence-corrected chi connectivity index (χ0v) is 11.6. The van der Waals surface area contributed by atoms with Gasteiger partial charge >= 0.3 is 5.69 Å². The highest BCUT2D eigenvalue weighted by Gasteiger charge is 2.15. The van der Waals surface area contributed by atoms with Crippen LogP contribution in [-0.2, 0) is 13.2 Å². The molecule has 2 N–H and O–H groups in total. The number of ether oxygens (including phenoxy) is 2. The van der Waals surface area contributed by atoms with E-state index in [1.807, 2.05) is 24.3 Å². The minimum Gasteiger partial charge on any atom is -0.490 e. The van der Waals surface area contributed by atoms with Crippen molar-refractivity contribution < 1.29 is 14.4 Å². The fourth-order valence-electron chi connectivity index (χ4n) is 1.90. The molecule has 0 fully saturated rings. The van der Waals surface area contributed by atoms with E-state index in [-0.39, 0.29) is 18.0 Å². The van der Waals surface area contributed by atoms with Crippen molar-refractivity contribution in [2.45, 2.75) is 13.2 Å². The maximum absolute atomic E-state index is 11.0. The first-order valence-electron chi connectivity index (χ1n) is 6.37. The van der Waals surface area contributed by atoms with Gasteiger partial charge in [0.15, 0.2) is 5.75 Å². The third-order valence-corrected chi connectivity index (χ3v) is 2.98. The van der Waals surface area contributed by atoms with E-state index in [0.717, 1.165) is 5.56 Å². The van der Waals surface area contributed by atoms with Crippen LogP contribution in [0.5, 0.6) is 11.5 Å². The lowest BCUT2D eigenvalue weighted by atomic mass is 10.2. The van der Waals surface area contributed by atoms with Crippen LogP contribution in [-0.4, -0.2) is 12.0 Å². The van der Waals surface area contributed by atoms with Gasteiger partial charge in [0.1, 0.15) is 12.4 Å². The highest BCUT2D eigenvalue weighted by Crippen LogP contribution is 2.28. The predicted octanol–water partition coefficient (Wildman–Crippen LogP) is 2.64. The second kappa shape index (κ2) is 6.71. The lowest BCUT2D eigenvalue weighted by Gasteiger charge is -2.08. The van der Waals surface area contributed by atoms with Gasteiger partial charge in [-0.3, -0.25) is 10.1 Å². The van der Waals surface area contributed by atoms with Gasteiger partial charge in [0.05, 0.1) is 12.0 Å². The number of nitro groups is 1. The molecule has 21 heavy (non-hydrogen) atoms. The van der Waals surface area contributed by atoms with Crippen molar-refractivity contribution in [1.82, 2.24) is 0 Å². The molecule has 0 unspecified atom stereocenters. The molecule has 0 aliphatic carbocycles. The second-order valence-electron chi connectivity index (χ2n) is 4.40. The molecule has 6 nitrogen and oxygen atoms in total. The Morgan fingerprint density at radius 1 is 1.19 bits per heavy atom. The Bertz CT molecular complexity index is 643. The Labute approximate surface area is 122 Å². The molecule has 0 aromatic heterocycles.